The first kappa shape index (κ1) is 42.9. The molecule has 0 unspecified atom stereocenters. The van der Waals surface area contributed by atoms with Crippen molar-refractivity contribution in [1.82, 2.24) is 0 Å². The second-order valence-electron chi connectivity index (χ2n) is 12.9. The molecule has 8 rings (SSSR count). The molecule has 1 aliphatic rings. The Bertz CT molecular complexity index is 3270. The van der Waals surface area contributed by atoms with E-state index in [9.17, 15) is 52.7 Å². The molecule has 0 saturated carbocycles. The minimum absolute atomic E-state index is 0.0875. The lowest BCUT2D eigenvalue weighted by Gasteiger charge is -2.23. The van der Waals surface area contributed by atoms with Crippen molar-refractivity contribution in [2.24, 2.45) is 0 Å². The molecule has 326 valence electrons. The smallest absolute Gasteiger partial charge is 0.489 e. The summed E-state index contributed by atoms with van der Waals surface area (Å²) in [4.78, 5) is 0. The summed E-state index contributed by atoms with van der Waals surface area (Å²) in [5.74, 6) is -68.4. The molecule has 63 heavy (non-hydrogen) atoms. The van der Waals surface area contributed by atoms with Crippen molar-refractivity contribution in [2.45, 2.75) is 5.92 Å². The van der Waals surface area contributed by atoms with Gasteiger partial charge in [0.15, 0.2) is 98.8 Å². The van der Waals surface area contributed by atoms with Crippen molar-refractivity contribution in [2.75, 3.05) is 0 Å². The second-order valence-corrected chi connectivity index (χ2v) is 12.9. The summed E-state index contributed by atoms with van der Waals surface area (Å²) >= 11 is 0. The van der Waals surface area contributed by atoms with E-state index in [1.165, 1.54) is 0 Å². The molecule has 0 N–H and O–H groups in total. The molecule has 0 aliphatic heterocycles. The first-order valence-corrected chi connectivity index (χ1v) is 16.2. The van der Waals surface area contributed by atoms with Gasteiger partial charge in [-0.1, -0.05) is 0 Å². The van der Waals surface area contributed by atoms with Crippen LogP contribution in [-0.4, -0.2) is 7.32 Å². The maximum atomic E-state index is 16.1. The zero-order chi connectivity index (χ0) is 46.4. The van der Waals surface area contributed by atoms with Gasteiger partial charge in [-0.25, -0.2) is 79.0 Å². The van der Waals surface area contributed by atoms with Gasteiger partial charge in [0.05, 0.1) is 38.1 Å². The Labute approximate surface area is 330 Å². The number of hydrogen-bond donors (Lipinski definition) is 0. The van der Waals surface area contributed by atoms with Gasteiger partial charge in [0, 0.05) is 16.5 Å². The van der Waals surface area contributed by atoms with Crippen molar-refractivity contribution in [3.8, 4) is 28.4 Å². The molecule has 1 aliphatic carbocycles. The van der Waals surface area contributed by atoms with Crippen molar-refractivity contribution in [3.05, 3.63) is 146 Å². The van der Waals surface area contributed by atoms with E-state index in [1.807, 2.05) is 0 Å². The normalized spacial score (nSPS) is 13.0. The van der Waals surface area contributed by atoms with Gasteiger partial charge in [-0.05, 0) is 18.2 Å². The quantitative estimate of drug-likeness (QED) is 0.0547. The van der Waals surface area contributed by atoms with Crippen LogP contribution in [0, 0.1) is 116 Å². The predicted octanol–water partition coefficient (Wildman–Crippen LogP) is 12.6. The van der Waals surface area contributed by atoms with Gasteiger partial charge in [0.1, 0.15) is 23.2 Å². The van der Waals surface area contributed by atoms with Crippen LogP contribution in [0.15, 0.2) is 18.2 Å². The number of fused-ring (bicyclic) bond motifs is 6. The molecule has 0 spiro atoms. The summed E-state index contributed by atoms with van der Waals surface area (Å²) in [5, 5.41) is -12.5. The first-order chi connectivity index (χ1) is 29.4. The van der Waals surface area contributed by atoms with Gasteiger partial charge in [0.25, 0.3) is 0 Å². The highest BCUT2D eigenvalue weighted by Crippen LogP contribution is 2.59. The second kappa shape index (κ2) is 14.1. The molecule has 0 radical (unpaired) electrons. The summed E-state index contributed by atoms with van der Waals surface area (Å²) in [6.07, 6.45) is 0. The van der Waals surface area contributed by atoms with E-state index in [1.54, 1.807) is 0 Å². The topological polar surface area (TPSA) is 27.7 Å². The Morgan fingerprint density at radius 3 is 1.32 bits per heavy atom. The molecule has 0 amide bonds. The van der Waals surface area contributed by atoms with Crippen LogP contribution in [0.25, 0.3) is 43.4 Å². The van der Waals surface area contributed by atoms with Crippen molar-refractivity contribution < 1.29 is 111 Å². The Kier molecular flexibility index (Phi) is 9.63. The monoisotopic (exact) mass is 924 g/mol. The Balaban J connectivity index is 1.45. The lowest BCUT2D eigenvalue weighted by molar-refractivity contribution is 0.0401. The third kappa shape index (κ3) is 5.67. The van der Waals surface area contributed by atoms with Crippen LogP contribution in [0.4, 0.5) is 96.6 Å². The summed E-state index contributed by atoms with van der Waals surface area (Å²) in [6.45, 7) is 0. The lowest BCUT2D eigenvalue weighted by atomic mass is 9.98. The van der Waals surface area contributed by atoms with Crippen LogP contribution in [0.1, 0.15) is 11.1 Å². The van der Waals surface area contributed by atoms with Crippen molar-refractivity contribution in [3.63, 3.8) is 0 Å². The Hall–Kier alpha value is -6.76. The van der Waals surface area contributed by atoms with Crippen LogP contribution in [0.2, 0.25) is 0 Å². The van der Waals surface area contributed by atoms with Crippen LogP contribution in [0.3, 0.4) is 0 Å². The first-order valence-electron chi connectivity index (χ1n) is 16.2. The fourth-order valence-electron chi connectivity index (χ4n) is 6.84. The molecule has 0 bridgehead atoms. The summed E-state index contributed by atoms with van der Waals surface area (Å²) in [5.41, 5.74) is -10.1. The van der Waals surface area contributed by atoms with Gasteiger partial charge in [-0.3, -0.25) is 0 Å². The fraction of sp³-hybridized carbons (Fsp3) is 0.0270. The number of alkyl halides is 2. The number of benzene rings is 7. The minimum Gasteiger partial charge on any atom is -0.489 e. The van der Waals surface area contributed by atoms with E-state index in [4.69, 9.17) is 9.31 Å². The van der Waals surface area contributed by atoms with Gasteiger partial charge in [0.2, 0.25) is 11.6 Å². The third-order valence-electron chi connectivity index (χ3n) is 9.55. The zero-order valence-electron chi connectivity index (χ0n) is 28.8. The van der Waals surface area contributed by atoms with Crippen molar-refractivity contribution in [1.29, 1.82) is 0 Å². The maximum Gasteiger partial charge on any atom is 0.864 e. The standard InChI is InChI=1S/C37H3BF22O3/c39-5-1-2-7(4-3-6(40)17(41)20(44)8(4)5)61-38(63-36-16-10(22(46)30(54)34(36)58)9-15(37(16,59)60)26(50)32(56)27(51)21(9)45)62-35-14-13(25(49)31(55)33(35)57)18(42)11-12(19(14)43)24(48)29(53)28(52)23(11)47/h1-3H. The highest BCUT2D eigenvalue weighted by Gasteiger charge is 2.56. The highest BCUT2D eigenvalue weighted by atomic mass is 19.3. The number of hydrogen-bond acceptors (Lipinski definition) is 3. The summed E-state index contributed by atoms with van der Waals surface area (Å²) < 4.78 is 345. The van der Waals surface area contributed by atoms with Crippen LogP contribution >= 0.6 is 0 Å². The van der Waals surface area contributed by atoms with Gasteiger partial charge < -0.3 is 14.0 Å². The van der Waals surface area contributed by atoms with Crippen LogP contribution in [-0.2, 0) is 5.92 Å². The highest BCUT2D eigenvalue weighted by molar-refractivity contribution is 6.40. The molecular formula is C37H3BF22O3. The van der Waals surface area contributed by atoms with E-state index in [2.05, 4.69) is 4.65 Å². The van der Waals surface area contributed by atoms with E-state index in [0.29, 0.717) is 0 Å². The number of halogens is 22. The summed E-state index contributed by atoms with van der Waals surface area (Å²) in [7, 11) is -3.91. The van der Waals surface area contributed by atoms with Gasteiger partial charge in [-0.2, -0.15) is 17.6 Å². The van der Waals surface area contributed by atoms with E-state index >= 15 is 43.9 Å². The molecule has 26 heteroatoms. The molecule has 0 fully saturated rings. The van der Waals surface area contributed by atoms with Crippen LogP contribution in [0.5, 0.6) is 17.2 Å². The largest absolute Gasteiger partial charge is 0.864 e. The summed E-state index contributed by atoms with van der Waals surface area (Å²) in [6, 6.07) is 0.131. The average molecular weight is 924 g/mol. The Morgan fingerprint density at radius 1 is 0.333 bits per heavy atom. The number of rotatable bonds is 6. The van der Waals surface area contributed by atoms with E-state index in [-0.39, 0.29) is 18.2 Å². The molecule has 0 heterocycles. The molecule has 3 nitrogen and oxygen atoms in total. The molecule has 7 aromatic rings. The van der Waals surface area contributed by atoms with Crippen LogP contribution < -0.4 is 14.0 Å². The fourth-order valence-corrected chi connectivity index (χ4v) is 6.84. The predicted molar refractivity (Wildman–Crippen MR) is 167 cm³/mol. The molecule has 0 aromatic heterocycles. The van der Waals surface area contributed by atoms with Gasteiger partial charge in [-0.15, -0.1) is 0 Å². The molecular weight excluding hydrogens is 921 g/mol. The SMILES string of the molecule is Fc1cc2c(OB(Oc3c(F)c(F)c(F)c4c3C(F)(F)c3c(F)c(F)c(F)c(F)c3-4)Oc3c(F)c(F)c(F)c4c(F)c5c(F)c(F)c(F)c(F)c5c(F)c34)ccc(F)c2c(F)c1F. The van der Waals surface area contributed by atoms with E-state index in [0.717, 1.165) is 0 Å². The third-order valence-corrected chi connectivity index (χ3v) is 9.55. The maximum absolute atomic E-state index is 16.1. The van der Waals surface area contributed by atoms with E-state index < -0.39 is 201 Å². The molecule has 0 saturated heterocycles. The minimum atomic E-state index is -5.64. The average Bonchev–Trinajstić information content (AvgIpc) is 3.49. The Morgan fingerprint density at radius 2 is 0.746 bits per heavy atom. The zero-order valence-corrected chi connectivity index (χ0v) is 28.8. The lowest BCUT2D eigenvalue weighted by Crippen LogP contribution is -2.39. The van der Waals surface area contributed by atoms with Crippen molar-refractivity contribution >= 4 is 39.6 Å². The molecule has 7 aromatic carbocycles. The van der Waals surface area contributed by atoms with Gasteiger partial charge >= 0.3 is 13.2 Å². The molecule has 0 atom stereocenters.